The van der Waals surface area contributed by atoms with Crippen LogP contribution in [0.25, 0.3) is 11.3 Å². The monoisotopic (exact) mass is 384 g/mol. The van der Waals surface area contributed by atoms with Gasteiger partial charge in [0, 0.05) is 30.4 Å². The van der Waals surface area contributed by atoms with E-state index in [1.807, 2.05) is 38.1 Å². The van der Waals surface area contributed by atoms with Gasteiger partial charge in [0.2, 0.25) is 5.91 Å². The fourth-order valence-electron chi connectivity index (χ4n) is 3.41. The standard InChI is InChI=1S/C21H28N4O3/c1-14(2)12-17(24-21(27)28-3)20(26)22-16-9-7-15(8-10-16)18-13-25-11-5-4-6-19(25)23-18/h7-10,13-14,17H,4-6,11-12H2,1-3H3,(H,22,26)(H,24,27). The highest BCUT2D eigenvalue weighted by Crippen LogP contribution is 2.24. The Hall–Kier alpha value is -2.83. The van der Waals surface area contributed by atoms with E-state index in [0.29, 0.717) is 12.1 Å². The fourth-order valence-corrected chi connectivity index (χ4v) is 3.41. The smallest absolute Gasteiger partial charge is 0.407 e. The molecule has 0 fully saturated rings. The Morgan fingerprint density at radius 2 is 1.96 bits per heavy atom. The van der Waals surface area contributed by atoms with Crippen LogP contribution in [0.2, 0.25) is 0 Å². The van der Waals surface area contributed by atoms with E-state index in [1.165, 1.54) is 20.0 Å². The third-order valence-corrected chi connectivity index (χ3v) is 4.86. The summed E-state index contributed by atoms with van der Waals surface area (Å²) in [5, 5.41) is 5.47. The van der Waals surface area contributed by atoms with Crippen LogP contribution < -0.4 is 10.6 Å². The lowest BCUT2D eigenvalue weighted by Gasteiger charge is -2.19. The Balaban J connectivity index is 1.67. The van der Waals surface area contributed by atoms with Gasteiger partial charge in [0.25, 0.3) is 0 Å². The largest absolute Gasteiger partial charge is 0.453 e. The van der Waals surface area contributed by atoms with E-state index in [4.69, 9.17) is 4.98 Å². The highest BCUT2D eigenvalue weighted by Gasteiger charge is 2.22. The zero-order valence-corrected chi connectivity index (χ0v) is 16.7. The molecule has 28 heavy (non-hydrogen) atoms. The van der Waals surface area contributed by atoms with Crippen LogP contribution in [-0.2, 0) is 22.5 Å². The van der Waals surface area contributed by atoms with Crippen LogP contribution in [0.5, 0.6) is 0 Å². The van der Waals surface area contributed by atoms with Gasteiger partial charge in [0.15, 0.2) is 0 Å². The second-order valence-corrected chi connectivity index (χ2v) is 7.58. The van der Waals surface area contributed by atoms with Crippen LogP contribution >= 0.6 is 0 Å². The molecule has 2 N–H and O–H groups in total. The van der Waals surface area contributed by atoms with Crippen LogP contribution in [0.1, 0.15) is 38.9 Å². The van der Waals surface area contributed by atoms with Gasteiger partial charge < -0.3 is 19.9 Å². The van der Waals surface area contributed by atoms with Gasteiger partial charge in [-0.3, -0.25) is 4.79 Å². The number of hydrogen-bond donors (Lipinski definition) is 2. The van der Waals surface area contributed by atoms with E-state index < -0.39 is 12.1 Å². The van der Waals surface area contributed by atoms with E-state index >= 15 is 0 Å². The second kappa shape index (κ2) is 8.91. The van der Waals surface area contributed by atoms with E-state index in [-0.39, 0.29) is 11.8 Å². The quantitative estimate of drug-likeness (QED) is 0.797. The lowest BCUT2D eigenvalue weighted by molar-refractivity contribution is -0.118. The van der Waals surface area contributed by atoms with Crippen molar-refractivity contribution >= 4 is 17.7 Å². The van der Waals surface area contributed by atoms with Crippen molar-refractivity contribution in [2.45, 2.75) is 52.1 Å². The molecule has 1 unspecified atom stereocenters. The number of rotatable bonds is 6. The second-order valence-electron chi connectivity index (χ2n) is 7.58. The molecule has 1 atom stereocenters. The average Bonchev–Trinajstić information content (AvgIpc) is 3.11. The maximum absolute atomic E-state index is 12.6. The van der Waals surface area contributed by atoms with Crippen LogP contribution in [0.15, 0.2) is 30.5 Å². The SMILES string of the molecule is COC(=O)NC(CC(C)C)C(=O)Nc1ccc(-c2cn3c(n2)CCCC3)cc1. The molecule has 1 aliphatic rings. The summed E-state index contributed by atoms with van der Waals surface area (Å²) in [7, 11) is 1.28. The molecule has 1 aromatic carbocycles. The van der Waals surface area contributed by atoms with E-state index in [0.717, 1.165) is 30.0 Å². The number of carbonyl (C=O) groups excluding carboxylic acids is 2. The van der Waals surface area contributed by atoms with Gasteiger partial charge in [-0.15, -0.1) is 0 Å². The number of aromatic nitrogens is 2. The lowest BCUT2D eigenvalue weighted by atomic mass is 10.0. The summed E-state index contributed by atoms with van der Waals surface area (Å²) in [6.45, 7) is 5.03. The number of amides is 2. The predicted octanol–water partition coefficient (Wildman–Crippen LogP) is 3.60. The number of hydrogen-bond acceptors (Lipinski definition) is 4. The van der Waals surface area contributed by atoms with Crippen LogP contribution in [0, 0.1) is 5.92 Å². The summed E-state index contributed by atoms with van der Waals surface area (Å²) < 4.78 is 6.85. The number of ether oxygens (including phenoxy) is 1. The number of methoxy groups -OCH3 is 1. The number of fused-ring (bicyclic) bond motifs is 1. The molecule has 0 saturated carbocycles. The summed E-state index contributed by atoms with van der Waals surface area (Å²) in [5.41, 5.74) is 2.66. The van der Waals surface area contributed by atoms with Gasteiger partial charge >= 0.3 is 6.09 Å². The molecule has 150 valence electrons. The first-order chi connectivity index (χ1) is 13.5. The minimum Gasteiger partial charge on any atom is -0.453 e. The van der Waals surface area contributed by atoms with Gasteiger partial charge in [-0.05, 0) is 37.3 Å². The summed E-state index contributed by atoms with van der Waals surface area (Å²) in [6, 6.07) is 6.98. The topological polar surface area (TPSA) is 85.2 Å². The predicted molar refractivity (Wildman–Crippen MR) is 108 cm³/mol. The number of benzene rings is 1. The number of nitrogens with zero attached hydrogens (tertiary/aromatic N) is 2. The molecule has 2 aromatic rings. The van der Waals surface area contributed by atoms with Crippen LogP contribution in [0.4, 0.5) is 10.5 Å². The Morgan fingerprint density at radius 3 is 2.61 bits per heavy atom. The van der Waals surface area contributed by atoms with E-state index in [9.17, 15) is 9.59 Å². The van der Waals surface area contributed by atoms with Crippen molar-refractivity contribution in [2.75, 3.05) is 12.4 Å². The number of alkyl carbamates (subject to hydrolysis) is 1. The first kappa shape index (κ1) is 19.9. The minimum absolute atomic E-state index is 0.252. The maximum Gasteiger partial charge on any atom is 0.407 e. The highest BCUT2D eigenvalue weighted by molar-refractivity contribution is 5.96. The zero-order chi connectivity index (χ0) is 20.1. The molecule has 1 aromatic heterocycles. The van der Waals surface area contributed by atoms with Crippen molar-refractivity contribution in [3.8, 4) is 11.3 Å². The number of carbonyl (C=O) groups is 2. The molecule has 0 radical (unpaired) electrons. The average molecular weight is 384 g/mol. The Kier molecular flexibility index (Phi) is 6.34. The molecule has 1 aliphatic heterocycles. The van der Waals surface area contributed by atoms with Crippen molar-refractivity contribution in [1.29, 1.82) is 0 Å². The summed E-state index contributed by atoms with van der Waals surface area (Å²) in [6.07, 6.45) is 5.43. The molecule has 7 heteroatoms. The summed E-state index contributed by atoms with van der Waals surface area (Å²) in [5.74, 6) is 1.13. The van der Waals surface area contributed by atoms with E-state index in [1.54, 1.807) is 0 Å². The lowest BCUT2D eigenvalue weighted by Crippen LogP contribution is -2.44. The molecule has 0 spiro atoms. The van der Waals surface area contributed by atoms with Crippen molar-refractivity contribution in [2.24, 2.45) is 5.92 Å². The van der Waals surface area contributed by atoms with Crippen molar-refractivity contribution in [3.05, 3.63) is 36.3 Å². The molecule has 7 nitrogen and oxygen atoms in total. The first-order valence-corrected chi connectivity index (χ1v) is 9.78. The molecule has 0 bridgehead atoms. The van der Waals surface area contributed by atoms with Crippen molar-refractivity contribution in [3.63, 3.8) is 0 Å². The summed E-state index contributed by atoms with van der Waals surface area (Å²) >= 11 is 0. The summed E-state index contributed by atoms with van der Waals surface area (Å²) in [4.78, 5) is 28.8. The Bertz CT molecular complexity index is 803. The maximum atomic E-state index is 12.6. The molecule has 2 amide bonds. The Labute approximate surface area is 165 Å². The van der Waals surface area contributed by atoms with Crippen LogP contribution in [0.3, 0.4) is 0 Å². The van der Waals surface area contributed by atoms with Crippen molar-refractivity contribution in [1.82, 2.24) is 14.9 Å². The minimum atomic E-state index is -0.646. The van der Waals surface area contributed by atoms with E-state index in [2.05, 4.69) is 26.1 Å². The molecule has 0 aliphatic carbocycles. The van der Waals surface area contributed by atoms with Crippen molar-refractivity contribution < 1.29 is 14.3 Å². The number of anilines is 1. The molecule has 2 heterocycles. The fraction of sp³-hybridized carbons (Fsp3) is 0.476. The number of aryl methyl sites for hydroxylation is 2. The third kappa shape index (κ3) is 4.91. The molecular formula is C21H28N4O3. The van der Waals surface area contributed by atoms with Gasteiger partial charge in [-0.2, -0.15) is 0 Å². The highest BCUT2D eigenvalue weighted by atomic mass is 16.5. The van der Waals surface area contributed by atoms with Gasteiger partial charge in [-0.1, -0.05) is 26.0 Å². The molecular weight excluding hydrogens is 356 g/mol. The van der Waals surface area contributed by atoms with Crippen LogP contribution in [-0.4, -0.2) is 34.7 Å². The van der Waals surface area contributed by atoms with Gasteiger partial charge in [-0.25, -0.2) is 9.78 Å². The number of imidazole rings is 1. The number of nitrogens with one attached hydrogen (secondary N) is 2. The van der Waals surface area contributed by atoms with Gasteiger partial charge in [0.1, 0.15) is 11.9 Å². The van der Waals surface area contributed by atoms with Gasteiger partial charge in [0.05, 0.1) is 12.8 Å². The normalized spacial score (nSPS) is 14.3. The molecule has 0 saturated heterocycles. The third-order valence-electron chi connectivity index (χ3n) is 4.86. The zero-order valence-electron chi connectivity index (χ0n) is 16.7. The molecule has 3 rings (SSSR count). The Morgan fingerprint density at radius 1 is 1.21 bits per heavy atom. The first-order valence-electron chi connectivity index (χ1n) is 9.78.